The first-order valence-corrected chi connectivity index (χ1v) is 6.76. The summed E-state index contributed by atoms with van der Waals surface area (Å²) in [5, 5.41) is 4.18. The van der Waals surface area contributed by atoms with Gasteiger partial charge in [-0.2, -0.15) is 0 Å². The fraction of sp³-hybridized carbons (Fsp3) is 0.333. The Morgan fingerprint density at radius 2 is 2.12 bits per heavy atom. The molecule has 0 amide bonds. The highest BCUT2D eigenvalue weighted by atomic mass is 32.2. The predicted octanol–water partition coefficient (Wildman–Crippen LogP) is 2.57. The number of anilines is 1. The Morgan fingerprint density at radius 3 is 2.71 bits per heavy atom. The molecule has 5 heteroatoms. The lowest BCUT2D eigenvalue weighted by molar-refractivity contribution is 0.644. The van der Waals surface area contributed by atoms with Gasteiger partial charge in [-0.05, 0) is 25.5 Å². The Bertz CT molecular complexity index is 480. The Balaban J connectivity index is 1.99. The van der Waals surface area contributed by atoms with Gasteiger partial charge in [0.15, 0.2) is 5.17 Å². The lowest BCUT2D eigenvalue weighted by atomic mass is 10.1. The summed E-state index contributed by atoms with van der Waals surface area (Å²) >= 11 is 6.83. The molecule has 3 N–H and O–H groups in total. The van der Waals surface area contributed by atoms with E-state index in [4.69, 9.17) is 18.0 Å². The van der Waals surface area contributed by atoms with E-state index in [2.05, 4.69) is 10.3 Å². The fourth-order valence-corrected chi connectivity index (χ4v) is 2.70. The van der Waals surface area contributed by atoms with E-state index in [0.717, 1.165) is 22.2 Å². The lowest BCUT2D eigenvalue weighted by Crippen LogP contribution is -2.40. The first-order chi connectivity index (χ1) is 7.99. The molecule has 1 aliphatic rings. The Morgan fingerprint density at radius 1 is 1.41 bits per heavy atom. The Kier molecular flexibility index (Phi) is 3.40. The SMILES string of the molecule is CC1(C)NC(SCc2ccccc2N)=NC1=S. The molecule has 0 aromatic heterocycles. The highest BCUT2D eigenvalue weighted by molar-refractivity contribution is 8.13. The molecular formula is C12H15N3S2. The first-order valence-electron chi connectivity index (χ1n) is 5.36. The van der Waals surface area contributed by atoms with Crippen LogP contribution in [0.5, 0.6) is 0 Å². The molecule has 0 spiro atoms. The summed E-state index contributed by atoms with van der Waals surface area (Å²) in [7, 11) is 0. The van der Waals surface area contributed by atoms with Gasteiger partial charge in [-0.3, -0.25) is 0 Å². The normalized spacial score (nSPS) is 17.8. The molecule has 3 nitrogen and oxygen atoms in total. The number of benzene rings is 1. The van der Waals surface area contributed by atoms with Gasteiger partial charge in [0, 0.05) is 11.4 Å². The van der Waals surface area contributed by atoms with Crippen LogP contribution in [0.25, 0.3) is 0 Å². The smallest absolute Gasteiger partial charge is 0.163 e. The maximum atomic E-state index is 5.89. The van der Waals surface area contributed by atoms with Crippen molar-refractivity contribution in [1.29, 1.82) is 0 Å². The maximum absolute atomic E-state index is 5.89. The molecule has 90 valence electrons. The topological polar surface area (TPSA) is 50.4 Å². The van der Waals surface area contributed by atoms with Crippen LogP contribution in [0.15, 0.2) is 29.3 Å². The molecule has 0 saturated carbocycles. The van der Waals surface area contributed by atoms with E-state index in [9.17, 15) is 0 Å². The van der Waals surface area contributed by atoms with E-state index in [1.165, 1.54) is 0 Å². The van der Waals surface area contributed by atoms with Crippen molar-refractivity contribution >= 4 is 39.8 Å². The van der Waals surface area contributed by atoms with Gasteiger partial charge < -0.3 is 11.1 Å². The Hall–Kier alpha value is -1.07. The zero-order valence-corrected chi connectivity index (χ0v) is 11.5. The third kappa shape index (κ3) is 2.79. The minimum absolute atomic E-state index is 0.208. The van der Waals surface area contributed by atoms with E-state index < -0.39 is 0 Å². The number of thioether (sulfide) groups is 1. The van der Waals surface area contributed by atoms with Crippen LogP contribution >= 0.6 is 24.0 Å². The third-order valence-corrected chi connectivity index (χ3v) is 4.10. The van der Waals surface area contributed by atoms with E-state index >= 15 is 0 Å². The predicted molar refractivity (Wildman–Crippen MR) is 79.4 cm³/mol. The van der Waals surface area contributed by atoms with Gasteiger partial charge >= 0.3 is 0 Å². The van der Waals surface area contributed by atoms with E-state index in [-0.39, 0.29) is 5.54 Å². The number of nitrogens with zero attached hydrogens (tertiary/aromatic N) is 1. The minimum Gasteiger partial charge on any atom is -0.398 e. The fourth-order valence-electron chi connectivity index (χ4n) is 1.46. The van der Waals surface area contributed by atoms with Crippen molar-refractivity contribution in [1.82, 2.24) is 5.32 Å². The standard InChI is InChI=1S/C12H15N3S2/c1-12(2)10(16)14-11(15-12)17-7-8-5-3-4-6-9(8)13/h3-6H,7,13H2,1-2H3,(H,14,15,16). The van der Waals surface area contributed by atoms with Crippen LogP contribution in [0.3, 0.4) is 0 Å². The van der Waals surface area contributed by atoms with Crippen LogP contribution in [0.1, 0.15) is 19.4 Å². The van der Waals surface area contributed by atoms with Crippen LogP contribution in [-0.4, -0.2) is 15.7 Å². The highest BCUT2D eigenvalue weighted by Crippen LogP contribution is 2.23. The van der Waals surface area contributed by atoms with Crippen LogP contribution < -0.4 is 11.1 Å². The average molecular weight is 265 g/mol. The van der Waals surface area contributed by atoms with Gasteiger partial charge in [0.1, 0.15) is 4.99 Å². The van der Waals surface area contributed by atoms with Crippen molar-refractivity contribution in [2.45, 2.75) is 25.1 Å². The second-order valence-corrected chi connectivity index (χ2v) is 5.81. The number of nitrogens with two attached hydrogens (primary N) is 1. The van der Waals surface area contributed by atoms with Crippen LogP contribution in [0.4, 0.5) is 5.69 Å². The number of para-hydroxylation sites is 1. The number of hydrogen-bond donors (Lipinski definition) is 2. The molecule has 0 radical (unpaired) electrons. The molecule has 0 aliphatic carbocycles. The lowest BCUT2D eigenvalue weighted by Gasteiger charge is -2.18. The summed E-state index contributed by atoms with van der Waals surface area (Å²) in [6.07, 6.45) is 0. The number of thiocarbonyl (C=S) groups is 1. The van der Waals surface area contributed by atoms with Gasteiger partial charge in [0.25, 0.3) is 0 Å². The van der Waals surface area contributed by atoms with Crippen molar-refractivity contribution in [3.63, 3.8) is 0 Å². The van der Waals surface area contributed by atoms with E-state index in [0.29, 0.717) is 4.99 Å². The average Bonchev–Trinajstić information content (AvgIpc) is 2.52. The molecule has 0 saturated heterocycles. The summed E-state index contributed by atoms with van der Waals surface area (Å²) < 4.78 is 0. The number of aliphatic imine (C=N–C) groups is 1. The highest BCUT2D eigenvalue weighted by Gasteiger charge is 2.30. The molecule has 1 aromatic carbocycles. The van der Waals surface area contributed by atoms with Crippen LogP contribution in [0.2, 0.25) is 0 Å². The van der Waals surface area contributed by atoms with Crippen molar-refractivity contribution in [3.8, 4) is 0 Å². The van der Waals surface area contributed by atoms with Crippen molar-refractivity contribution in [2.24, 2.45) is 4.99 Å². The molecule has 0 bridgehead atoms. The van der Waals surface area contributed by atoms with E-state index in [1.807, 2.05) is 38.1 Å². The van der Waals surface area contributed by atoms with E-state index in [1.54, 1.807) is 11.8 Å². The van der Waals surface area contributed by atoms with Gasteiger partial charge in [-0.1, -0.05) is 42.2 Å². The zero-order chi connectivity index (χ0) is 12.5. The molecule has 0 unspecified atom stereocenters. The number of hydrogen-bond acceptors (Lipinski definition) is 4. The first kappa shape index (κ1) is 12.4. The molecule has 0 fully saturated rings. The zero-order valence-electron chi connectivity index (χ0n) is 9.86. The molecule has 1 heterocycles. The summed E-state index contributed by atoms with van der Waals surface area (Å²) in [5.74, 6) is 0.803. The molecule has 1 aromatic rings. The molecule has 0 atom stereocenters. The number of amidine groups is 1. The second-order valence-electron chi connectivity index (χ2n) is 4.46. The molecule has 17 heavy (non-hydrogen) atoms. The quantitative estimate of drug-likeness (QED) is 0.637. The largest absolute Gasteiger partial charge is 0.398 e. The second kappa shape index (κ2) is 4.66. The molecular weight excluding hydrogens is 250 g/mol. The summed E-state index contributed by atoms with van der Waals surface area (Å²) in [6.45, 7) is 4.06. The van der Waals surface area contributed by atoms with Crippen LogP contribution in [0, 0.1) is 0 Å². The van der Waals surface area contributed by atoms with Crippen molar-refractivity contribution in [2.75, 3.05) is 5.73 Å². The van der Waals surface area contributed by atoms with Crippen molar-refractivity contribution in [3.05, 3.63) is 29.8 Å². The molecule has 2 rings (SSSR count). The summed E-state index contributed by atoms with van der Waals surface area (Å²) in [6, 6.07) is 7.87. The van der Waals surface area contributed by atoms with Gasteiger partial charge in [-0.25, -0.2) is 4.99 Å². The summed E-state index contributed by atoms with van der Waals surface area (Å²) in [5.41, 5.74) is 7.62. The van der Waals surface area contributed by atoms with Gasteiger partial charge in [-0.15, -0.1) is 0 Å². The molecule has 1 aliphatic heterocycles. The minimum atomic E-state index is -0.208. The van der Waals surface area contributed by atoms with Crippen molar-refractivity contribution < 1.29 is 0 Å². The third-order valence-electron chi connectivity index (χ3n) is 2.58. The number of rotatable bonds is 2. The van der Waals surface area contributed by atoms with Crippen LogP contribution in [-0.2, 0) is 5.75 Å². The van der Waals surface area contributed by atoms with Gasteiger partial charge in [0.2, 0.25) is 0 Å². The van der Waals surface area contributed by atoms with Gasteiger partial charge in [0.05, 0.1) is 5.54 Å². The Labute approximate surface area is 111 Å². The maximum Gasteiger partial charge on any atom is 0.163 e. The number of nitrogens with one attached hydrogen (secondary N) is 1. The summed E-state index contributed by atoms with van der Waals surface area (Å²) in [4.78, 5) is 5.05. The monoisotopic (exact) mass is 265 g/mol. The number of nitrogen functional groups attached to an aromatic ring is 1.